The summed E-state index contributed by atoms with van der Waals surface area (Å²) in [5.41, 5.74) is 2.26. The summed E-state index contributed by atoms with van der Waals surface area (Å²) in [6.07, 6.45) is 2.54. The van der Waals surface area contributed by atoms with Crippen molar-refractivity contribution < 1.29 is 13.5 Å². The van der Waals surface area contributed by atoms with Crippen LogP contribution in [0.4, 0.5) is 0 Å². The summed E-state index contributed by atoms with van der Waals surface area (Å²) in [6.45, 7) is 2.08. The van der Waals surface area contributed by atoms with E-state index in [1.54, 1.807) is 0 Å². The Bertz CT molecular complexity index is 525. The third kappa shape index (κ3) is 4.04. The molecule has 0 amide bonds. The van der Waals surface area contributed by atoms with Gasteiger partial charge in [-0.1, -0.05) is 31.2 Å². The average molecular weight is 297 g/mol. The van der Waals surface area contributed by atoms with Crippen molar-refractivity contribution in [3.63, 3.8) is 0 Å². The van der Waals surface area contributed by atoms with Gasteiger partial charge in [0.25, 0.3) is 0 Å². The molecular weight excluding hydrogens is 274 g/mol. The fraction of sp³-hybridized carbons (Fsp3) is 0.600. The van der Waals surface area contributed by atoms with Gasteiger partial charge in [0, 0.05) is 6.04 Å². The van der Waals surface area contributed by atoms with Crippen LogP contribution in [-0.2, 0) is 16.3 Å². The minimum atomic E-state index is -2.92. The third-order valence-corrected chi connectivity index (χ3v) is 5.69. The molecule has 2 N–H and O–H groups in total. The zero-order valence-electron chi connectivity index (χ0n) is 11.9. The first kappa shape index (κ1) is 15.5. The molecule has 2 unspecified atom stereocenters. The molecule has 1 fully saturated rings. The smallest absolute Gasteiger partial charge is 0.151 e. The van der Waals surface area contributed by atoms with Crippen LogP contribution in [0.1, 0.15) is 36.9 Å². The lowest BCUT2D eigenvalue weighted by Gasteiger charge is -2.27. The van der Waals surface area contributed by atoms with Crippen molar-refractivity contribution in [1.82, 2.24) is 5.32 Å². The van der Waals surface area contributed by atoms with E-state index >= 15 is 0 Å². The predicted molar refractivity (Wildman–Crippen MR) is 80.5 cm³/mol. The van der Waals surface area contributed by atoms with Gasteiger partial charge in [0.2, 0.25) is 0 Å². The SMILES string of the molecule is CCc1ccc(C(CO)NC2CCCS(=O)(=O)C2)cc1. The fourth-order valence-corrected chi connectivity index (χ4v) is 4.33. The molecule has 1 aromatic carbocycles. The van der Waals surface area contributed by atoms with Crippen molar-refractivity contribution in [2.75, 3.05) is 18.1 Å². The van der Waals surface area contributed by atoms with E-state index < -0.39 is 9.84 Å². The number of rotatable bonds is 5. The van der Waals surface area contributed by atoms with Gasteiger partial charge in [-0.25, -0.2) is 8.42 Å². The van der Waals surface area contributed by atoms with Crippen LogP contribution in [0, 0.1) is 0 Å². The van der Waals surface area contributed by atoms with Gasteiger partial charge in [0.1, 0.15) is 0 Å². The second kappa shape index (κ2) is 6.70. The first-order chi connectivity index (χ1) is 9.54. The van der Waals surface area contributed by atoms with E-state index in [0.717, 1.165) is 18.4 Å². The molecule has 0 saturated carbocycles. The molecule has 1 aromatic rings. The van der Waals surface area contributed by atoms with Crippen molar-refractivity contribution in [2.45, 2.75) is 38.3 Å². The first-order valence-corrected chi connectivity index (χ1v) is 9.02. The van der Waals surface area contributed by atoms with Gasteiger partial charge < -0.3 is 10.4 Å². The van der Waals surface area contributed by atoms with Crippen molar-refractivity contribution in [3.05, 3.63) is 35.4 Å². The number of aliphatic hydroxyl groups is 1. The highest BCUT2D eigenvalue weighted by molar-refractivity contribution is 7.91. The highest BCUT2D eigenvalue weighted by Gasteiger charge is 2.26. The van der Waals surface area contributed by atoms with Crippen LogP contribution in [0.3, 0.4) is 0 Å². The second-order valence-corrected chi connectivity index (χ2v) is 7.68. The summed E-state index contributed by atoms with van der Waals surface area (Å²) in [6, 6.07) is 7.86. The predicted octanol–water partition coefficient (Wildman–Crippen LogP) is 1.45. The van der Waals surface area contributed by atoms with Crippen LogP contribution in [0.5, 0.6) is 0 Å². The highest BCUT2D eigenvalue weighted by Crippen LogP contribution is 2.19. The van der Waals surface area contributed by atoms with Crippen LogP contribution in [-0.4, -0.2) is 37.7 Å². The van der Waals surface area contributed by atoms with Gasteiger partial charge in [-0.15, -0.1) is 0 Å². The number of aliphatic hydroxyl groups excluding tert-OH is 1. The molecule has 1 aliphatic heterocycles. The maximum Gasteiger partial charge on any atom is 0.151 e. The standard InChI is InChI=1S/C15H23NO3S/c1-2-12-5-7-13(8-6-12)15(10-17)16-14-4-3-9-20(18,19)11-14/h5-8,14-17H,2-4,9-11H2,1H3. The normalized spacial score (nSPS) is 23.4. The molecule has 4 nitrogen and oxygen atoms in total. The van der Waals surface area contributed by atoms with Crippen LogP contribution < -0.4 is 5.32 Å². The van der Waals surface area contributed by atoms with Crippen LogP contribution in [0.25, 0.3) is 0 Å². The Morgan fingerprint density at radius 3 is 2.60 bits per heavy atom. The van der Waals surface area contributed by atoms with Gasteiger partial charge in [0.05, 0.1) is 24.2 Å². The zero-order valence-corrected chi connectivity index (χ0v) is 12.7. The molecule has 2 atom stereocenters. The topological polar surface area (TPSA) is 66.4 Å². The molecule has 1 aliphatic rings. The van der Waals surface area contributed by atoms with E-state index in [4.69, 9.17) is 0 Å². The van der Waals surface area contributed by atoms with Crippen molar-refractivity contribution in [1.29, 1.82) is 0 Å². The number of hydrogen-bond donors (Lipinski definition) is 2. The summed E-state index contributed by atoms with van der Waals surface area (Å²) >= 11 is 0. The third-order valence-electron chi connectivity index (χ3n) is 3.87. The average Bonchev–Trinajstić information content (AvgIpc) is 2.44. The Morgan fingerprint density at radius 2 is 2.05 bits per heavy atom. The number of nitrogens with one attached hydrogen (secondary N) is 1. The summed E-state index contributed by atoms with van der Waals surface area (Å²) in [5.74, 6) is 0.469. The Labute approximate surface area is 121 Å². The van der Waals surface area contributed by atoms with Gasteiger partial charge in [-0.2, -0.15) is 0 Å². The molecule has 1 heterocycles. The largest absolute Gasteiger partial charge is 0.394 e. The van der Waals surface area contributed by atoms with Crippen LogP contribution >= 0.6 is 0 Å². The lowest BCUT2D eigenvalue weighted by Crippen LogP contribution is -2.42. The molecule has 0 spiro atoms. The highest BCUT2D eigenvalue weighted by atomic mass is 32.2. The Kier molecular flexibility index (Phi) is 5.18. The van der Waals surface area contributed by atoms with E-state index in [1.165, 1.54) is 5.56 Å². The summed E-state index contributed by atoms with van der Waals surface area (Å²) in [7, 11) is -2.92. The van der Waals surface area contributed by atoms with Crippen molar-refractivity contribution >= 4 is 9.84 Å². The Balaban J connectivity index is 2.04. The summed E-state index contributed by atoms with van der Waals surface area (Å²) in [4.78, 5) is 0. The number of aryl methyl sites for hydroxylation is 1. The van der Waals surface area contributed by atoms with E-state index in [0.29, 0.717) is 12.2 Å². The molecular formula is C15H23NO3S. The van der Waals surface area contributed by atoms with E-state index in [1.807, 2.05) is 12.1 Å². The first-order valence-electron chi connectivity index (χ1n) is 7.20. The van der Waals surface area contributed by atoms with Crippen molar-refractivity contribution in [3.8, 4) is 0 Å². The van der Waals surface area contributed by atoms with Crippen LogP contribution in [0.2, 0.25) is 0 Å². The Hall–Kier alpha value is -0.910. The maximum absolute atomic E-state index is 11.6. The molecule has 5 heteroatoms. The maximum atomic E-state index is 11.6. The molecule has 0 bridgehead atoms. The molecule has 0 aliphatic carbocycles. The summed E-state index contributed by atoms with van der Waals surface area (Å²) in [5, 5.41) is 12.8. The molecule has 0 radical (unpaired) electrons. The fourth-order valence-electron chi connectivity index (χ4n) is 2.68. The molecule has 1 saturated heterocycles. The number of hydrogen-bond acceptors (Lipinski definition) is 4. The lowest BCUT2D eigenvalue weighted by atomic mass is 10.0. The van der Waals surface area contributed by atoms with Gasteiger partial charge in [0.15, 0.2) is 9.84 Å². The Morgan fingerprint density at radius 1 is 1.35 bits per heavy atom. The molecule has 2 rings (SSSR count). The zero-order chi connectivity index (χ0) is 14.6. The quantitative estimate of drug-likeness (QED) is 0.863. The van der Waals surface area contributed by atoms with Gasteiger partial charge >= 0.3 is 0 Å². The minimum absolute atomic E-state index is 0.0258. The molecule has 0 aromatic heterocycles. The van der Waals surface area contributed by atoms with Crippen molar-refractivity contribution in [2.24, 2.45) is 0 Å². The van der Waals surface area contributed by atoms with Crippen LogP contribution in [0.15, 0.2) is 24.3 Å². The number of sulfone groups is 1. The molecule has 20 heavy (non-hydrogen) atoms. The van der Waals surface area contributed by atoms with E-state index in [2.05, 4.69) is 24.4 Å². The van der Waals surface area contributed by atoms with E-state index in [9.17, 15) is 13.5 Å². The van der Waals surface area contributed by atoms with Gasteiger partial charge in [-0.05, 0) is 30.4 Å². The number of benzene rings is 1. The molecule has 112 valence electrons. The van der Waals surface area contributed by atoms with E-state index in [-0.39, 0.29) is 24.4 Å². The lowest BCUT2D eigenvalue weighted by molar-refractivity contribution is 0.232. The van der Waals surface area contributed by atoms with Gasteiger partial charge in [-0.3, -0.25) is 0 Å². The summed E-state index contributed by atoms with van der Waals surface area (Å²) < 4.78 is 23.3. The monoisotopic (exact) mass is 297 g/mol. The second-order valence-electron chi connectivity index (χ2n) is 5.45. The minimum Gasteiger partial charge on any atom is -0.394 e.